The molecule has 2 aromatic rings. The number of hydrogen-bond donors (Lipinski definition) is 0. The van der Waals surface area contributed by atoms with E-state index in [0.717, 1.165) is 36.3 Å². The summed E-state index contributed by atoms with van der Waals surface area (Å²) in [7, 11) is 1.95. The normalized spacial score (nSPS) is 26.2. The van der Waals surface area contributed by atoms with Crippen LogP contribution in [0.3, 0.4) is 0 Å². The van der Waals surface area contributed by atoms with Crippen LogP contribution >= 0.6 is 0 Å². The zero-order valence-electron chi connectivity index (χ0n) is 17.9. The van der Waals surface area contributed by atoms with E-state index in [4.69, 9.17) is 0 Å². The molecule has 0 radical (unpaired) electrons. The van der Waals surface area contributed by atoms with Crippen LogP contribution in [0, 0.1) is 18.3 Å². The van der Waals surface area contributed by atoms with E-state index in [1.165, 1.54) is 12.8 Å². The third-order valence-corrected chi connectivity index (χ3v) is 7.30. The molecule has 2 unspecified atom stereocenters. The Morgan fingerprint density at radius 2 is 2.07 bits per heavy atom. The van der Waals surface area contributed by atoms with Crippen LogP contribution in [0.1, 0.15) is 42.0 Å². The fourth-order valence-electron chi connectivity index (χ4n) is 5.29. The Morgan fingerprint density at radius 3 is 2.77 bits per heavy atom. The van der Waals surface area contributed by atoms with Crippen molar-refractivity contribution < 1.29 is 9.59 Å². The average molecular weight is 407 g/mol. The van der Waals surface area contributed by atoms with Crippen molar-refractivity contribution in [2.24, 2.45) is 18.4 Å². The summed E-state index contributed by atoms with van der Waals surface area (Å²) < 4.78 is 1.93. The number of likely N-dealkylation sites (tertiary alicyclic amines) is 2. The van der Waals surface area contributed by atoms with E-state index in [-0.39, 0.29) is 17.7 Å². The predicted molar refractivity (Wildman–Crippen MR) is 114 cm³/mol. The molecule has 0 N–H and O–H groups in total. The summed E-state index contributed by atoms with van der Waals surface area (Å²) >= 11 is 0. The molecule has 158 valence electrons. The smallest absolute Gasteiger partial charge is 0.231 e. The number of aromatic nitrogens is 2. The van der Waals surface area contributed by atoms with Crippen LogP contribution in [0.5, 0.6) is 0 Å². The quantitative estimate of drug-likeness (QED) is 0.767. The van der Waals surface area contributed by atoms with Crippen molar-refractivity contribution in [2.75, 3.05) is 26.2 Å². The van der Waals surface area contributed by atoms with Gasteiger partial charge in [0, 0.05) is 45.3 Å². The number of nitrogens with zero attached hydrogens (tertiary/aromatic N) is 4. The molecule has 30 heavy (non-hydrogen) atoms. The van der Waals surface area contributed by atoms with Crippen molar-refractivity contribution in [2.45, 2.75) is 38.5 Å². The molecule has 1 aliphatic carbocycles. The van der Waals surface area contributed by atoms with Crippen LogP contribution in [-0.2, 0) is 23.1 Å². The Hall–Kier alpha value is -2.63. The highest BCUT2D eigenvalue weighted by Gasteiger charge is 2.58. The van der Waals surface area contributed by atoms with Gasteiger partial charge in [-0.05, 0) is 43.2 Å². The molecule has 3 fully saturated rings. The minimum Gasteiger partial charge on any atom is -0.342 e. The molecular formula is C24H30N4O2. The van der Waals surface area contributed by atoms with E-state index >= 15 is 0 Å². The summed E-state index contributed by atoms with van der Waals surface area (Å²) in [6.07, 6.45) is 7.48. The third kappa shape index (κ3) is 3.32. The molecule has 1 aromatic carbocycles. The molecule has 2 atom stereocenters. The first-order valence-corrected chi connectivity index (χ1v) is 11.1. The van der Waals surface area contributed by atoms with E-state index in [1.807, 2.05) is 53.9 Å². The molecule has 3 heterocycles. The highest BCUT2D eigenvalue weighted by molar-refractivity contribution is 5.89. The van der Waals surface area contributed by atoms with Gasteiger partial charge in [0.05, 0.1) is 23.9 Å². The number of hydrogen-bond acceptors (Lipinski definition) is 3. The van der Waals surface area contributed by atoms with Crippen LogP contribution < -0.4 is 0 Å². The molecule has 3 aliphatic rings. The molecule has 2 saturated heterocycles. The fraction of sp³-hybridized carbons (Fsp3) is 0.542. The van der Waals surface area contributed by atoms with Crippen LogP contribution in [0.4, 0.5) is 0 Å². The first kappa shape index (κ1) is 19.3. The monoisotopic (exact) mass is 406 g/mol. The third-order valence-electron chi connectivity index (χ3n) is 7.30. The van der Waals surface area contributed by atoms with Gasteiger partial charge in [-0.2, -0.15) is 0 Å². The van der Waals surface area contributed by atoms with Crippen LogP contribution in [0.15, 0.2) is 36.8 Å². The number of carbonyl (C=O) groups is 2. The van der Waals surface area contributed by atoms with Crippen LogP contribution in [0.25, 0.3) is 0 Å². The number of rotatable bonds is 5. The van der Waals surface area contributed by atoms with Gasteiger partial charge in [0.25, 0.3) is 0 Å². The molecule has 1 aromatic heterocycles. The number of imidazole rings is 1. The zero-order chi connectivity index (χ0) is 20.9. The largest absolute Gasteiger partial charge is 0.342 e. The number of aryl methyl sites for hydroxylation is 2. The minimum absolute atomic E-state index is 0.0313. The van der Waals surface area contributed by atoms with Gasteiger partial charge in [-0.25, -0.2) is 4.98 Å². The summed E-state index contributed by atoms with van der Waals surface area (Å²) in [5, 5.41) is 0. The Bertz CT molecular complexity index is 979. The van der Waals surface area contributed by atoms with Crippen LogP contribution in [0.2, 0.25) is 0 Å². The lowest BCUT2D eigenvalue weighted by molar-refractivity contribution is -0.137. The topological polar surface area (TPSA) is 58.4 Å². The van der Waals surface area contributed by atoms with Gasteiger partial charge in [0.1, 0.15) is 0 Å². The van der Waals surface area contributed by atoms with Gasteiger partial charge < -0.3 is 14.4 Å². The van der Waals surface area contributed by atoms with Crippen LogP contribution in [-0.4, -0.2) is 57.3 Å². The molecule has 2 amide bonds. The van der Waals surface area contributed by atoms with E-state index in [1.54, 1.807) is 6.33 Å². The van der Waals surface area contributed by atoms with Gasteiger partial charge >= 0.3 is 0 Å². The van der Waals surface area contributed by atoms with Gasteiger partial charge in [0.2, 0.25) is 11.8 Å². The molecule has 1 spiro atoms. The summed E-state index contributed by atoms with van der Waals surface area (Å²) in [6, 6.07) is 8.04. The van der Waals surface area contributed by atoms with Gasteiger partial charge in [-0.3, -0.25) is 9.59 Å². The zero-order valence-corrected chi connectivity index (χ0v) is 17.9. The van der Waals surface area contributed by atoms with E-state index in [2.05, 4.69) is 9.88 Å². The lowest BCUT2D eigenvalue weighted by atomic mass is 9.75. The number of amides is 2. The first-order valence-electron chi connectivity index (χ1n) is 11.1. The van der Waals surface area contributed by atoms with Crippen molar-refractivity contribution in [3.63, 3.8) is 0 Å². The molecule has 1 saturated carbocycles. The minimum atomic E-state index is -0.523. The maximum Gasteiger partial charge on any atom is 0.231 e. The lowest BCUT2D eigenvalue weighted by Crippen LogP contribution is -2.41. The Morgan fingerprint density at radius 1 is 1.27 bits per heavy atom. The molecular weight excluding hydrogens is 376 g/mol. The lowest BCUT2D eigenvalue weighted by Gasteiger charge is -2.27. The highest BCUT2D eigenvalue weighted by Crippen LogP contribution is 2.50. The van der Waals surface area contributed by atoms with Crippen molar-refractivity contribution in [3.8, 4) is 0 Å². The number of benzene rings is 1. The fourth-order valence-corrected chi connectivity index (χ4v) is 5.29. The second-order valence-corrected chi connectivity index (χ2v) is 9.49. The van der Waals surface area contributed by atoms with Gasteiger partial charge in [0.15, 0.2) is 0 Å². The molecule has 6 nitrogen and oxygen atoms in total. The van der Waals surface area contributed by atoms with Gasteiger partial charge in [-0.1, -0.05) is 24.3 Å². The molecule has 6 heteroatoms. The van der Waals surface area contributed by atoms with Crippen molar-refractivity contribution in [3.05, 3.63) is 53.6 Å². The average Bonchev–Trinajstić information content (AvgIpc) is 3.18. The maximum absolute atomic E-state index is 13.6. The Kier molecular flexibility index (Phi) is 4.68. The summed E-state index contributed by atoms with van der Waals surface area (Å²) in [4.78, 5) is 35.4. The summed E-state index contributed by atoms with van der Waals surface area (Å²) in [6.45, 7) is 4.82. The maximum atomic E-state index is 13.6. The van der Waals surface area contributed by atoms with Crippen molar-refractivity contribution >= 4 is 11.8 Å². The summed E-state index contributed by atoms with van der Waals surface area (Å²) in [5.41, 5.74) is 2.61. The SMILES string of the molecule is Cc1ccccc1CC(=O)N1CC(c2cn(C)cn2)C2(CCN(CC3CC3)C2=O)C1. The van der Waals surface area contributed by atoms with Crippen molar-refractivity contribution in [1.82, 2.24) is 19.4 Å². The molecule has 0 bridgehead atoms. The highest BCUT2D eigenvalue weighted by atomic mass is 16.2. The standard InChI is InChI=1S/C24H30N4O2/c1-17-5-3-4-6-19(17)11-22(29)28-13-20(21-14-26(2)16-25-21)24(15-28)9-10-27(23(24)30)12-18-7-8-18/h3-6,14,16,18,20H,7-13,15H2,1-2H3. The first-order chi connectivity index (χ1) is 14.5. The van der Waals surface area contributed by atoms with E-state index in [0.29, 0.717) is 25.4 Å². The summed E-state index contributed by atoms with van der Waals surface area (Å²) in [5.74, 6) is 0.987. The molecule has 5 rings (SSSR count). The molecule has 2 aliphatic heterocycles. The van der Waals surface area contributed by atoms with Crippen molar-refractivity contribution in [1.29, 1.82) is 0 Å². The van der Waals surface area contributed by atoms with Gasteiger partial charge in [-0.15, -0.1) is 0 Å². The Labute approximate surface area is 177 Å². The Balaban J connectivity index is 1.41. The van der Waals surface area contributed by atoms with E-state index < -0.39 is 5.41 Å². The second-order valence-electron chi connectivity index (χ2n) is 9.49. The second kappa shape index (κ2) is 7.25. The predicted octanol–water partition coefficient (Wildman–Crippen LogP) is 2.53. The number of carbonyl (C=O) groups excluding carboxylic acids is 2. The van der Waals surface area contributed by atoms with E-state index in [9.17, 15) is 9.59 Å².